The van der Waals surface area contributed by atoms with Crippen molar-refractivity contribution in [2.75, 3.05) is 48.8 Å². The largest absolute Gasteiger partial charge is 0.453 e. The quantitative estimate of drug-likeness (QED) is 0.227. The second-order valence-electron chi connectivity index (χ2n) is 9.69. The fraction of sp³-hybridized carbons (Fsp3) is 0.423. The first-order valence-electron chi connectivity index (χ1n) is 13.2. The number of primary amides is 1. The number of methoxy groups -OCH3 is 1. The summed E-state index contributed by atoms with van der Waals surface area (Å²) in [5.41, 5.74) is 7.35. The molecule has 16 heteroatoms. The van der Waals surface area contributed by atoms with Gasteiger partial charge in [0.1, 0.15) is 6.07 Å². The van der Waals surface area contributed by atoms with Crippen molar-refractivity contribution in [3.8, 4) is 12.1 Å². The molecule has 3 heterocycles. The van der Waals surface area contributed by atoms with Gasteiger partial charge in [-0.05, 0) is 25.5 Å². The third-order valence-electron chi connectivity index (χ3n) is 6.86. The van der Waals surface area contributed by atoms with Gasteiger partial charge in [-0.2, -0.15) is 20.0 Å². The molecule has 220 valence electrons. The number of halogens is 1. The van der Waals surface area contributed by atoms with Gasteiger partial charge in [0.2, 0.25) is 11.9 Å². The first-order chi connectivity index (χ1) is 20.2. The molecule has 1 saturated heterocycles. The molecule has 1 fully saturated rings. The molecule has 1 aliphatic rings. The Morgan fingerprint density at radius 2 is 2.07 bits per heavy atom. The Bertz CT molecular complexity index is 1560. The summed E-state index contributed by atoms with van der Waals surface area (Å²) in [7, 11) is 1.29. The van der Waals surface area contributed by atoms with Gasteiger partial charge in [-0.1, -0.05) is 18.5 Å². The lowest BCUT2D eigenvalue weighted by molar-refractivity contribution is -0.121. The standard InChI is InChI=1S/C26H31ClN12O3/c1-4-31-23-24-33-12-16(10-29)39(24)37-25(36-23)34-18-7-15(9-28)8-20(21(18)27)38-6-5-17(35-26(41)42-3)19(13-38)32-11-14(2)22(30)40/h7-8,12,14,17,19,32H,4-6,11,13H2,1-3H3,(H2,30,40)(H,35,41)(H2,31,34,36,37)/t14-,17+,19-/m0/s1. The monoisotopic (exact) mass is 594 g/mol. The average molecular weight is 595 g/mol. The van der Waals surface area contributed by atoms with E-state index in [2.05, 4.69) is 48.5 Å². The van der Waals surface area contributed by atoms with Crippen LogP contribution in [-0.4, -0.2) is 77.0 Å². The van der Waals surface area contributed by atoms with Gasteiger partial charge in [-0.25, -0.2) is 9.78 Å². The van der Waals surface area contributed by atoms with Crippen LogP contribution in [0.3, 0.4) is 0 Å². The second kappa shape index (κ2) is 13.2. The van der Waals surface area contributed by atoms with Crippen molar-refractivity contribution < 1.29 is 14.3 Å². The van der Waals surface area contributed by atoms with Gasteiger partial charge >= 0.3 is 6.09 Å². The van der Waals surface area contributed by atoms with Gasteiger partial charge < -0.3 is 36.6 Å². The third-order valence-corrected chi connectivity index (χ3v) is 7.26. The van der Waals surface area contributed by atoms with Gasteiger partial charge in [-0.3, -0.25) is 4.79 Å². The Morgan fingerprint density at radius 1 is 1.29 bits per heavy atom. The number of nitrogens with one attached hydrogen (secondary N) is 4. The number of imidazole rings is 1. The number of piperidine rings is 1. The highest BCUT2D eigenvalue weighted by atomic mass is 35.5. The number of carbonyl (C=O) groups excluding carboxylic acids is 2. The Balaban J connectivity index is 1.66. The van der Waals surface area contributed by atoms with Gasteiger partial charge in [0, 0.05) is 38.1 Å². The van der Waals surface area contributed by atoms with Crippen molar-refractivity contribution in [1.82, 2.24) is 30.2 Å². The Hall–Kier alpha value is -4.86. The number of carbonyl (C=O) groups is 2. The summed E-state index contributed by atoms with van der Waals surface area (Å²) in [5, 5.41) is 36.4. The smallest absolute Gasteiger partial charge is 0.407 e. The number of hydrogen-bond donors (Lipinski definition) is 5. The molecule has 3 aromatic rings. The predicted molar refractivity (Wildman–Crippen MR) is 155 cm³/mol. The Morgan fingerprint density at radius 3 is 2.74 bits per heavy atom. The number of fused-ring (bicyclic) bond motifs is 1. The predicted octanol–water partition coefficient (Wildman–Crippen LogP) is 1.71. The van der Waals surface area contributed by atoms with E-state index in [9.17, 15) is 20.1 Å². The fourth-order valence-electron chi connectivity index (χ4n) is 4.60. The van der Waals surface area contributed by atoms with Crippen LogP contribution in [0.5, 0.6) is 0 Å². The van der Waals surface area contributed by atoms with Gasteiger partial charge in [0.15, 0.2) is 17.2 Å². The van der Waals surface area contributed by atoms with E-state index < -0.39 is 17.9 Å². The van der Waals surface area contributed by atoms with E-state index in [1.54, 1.807) is 19.1 Å². The van der Waals surface area contributed by atoms with Crippen molar-refractivity contribution >= 4 is 52.4 Å². The maximum atomic E-state index is 12.0. The highest BCUT2D eigenvalue weighted by Gasteiger charge is 2.32. The lowest BCUT2D eigenvalue weighted by Crippen LogP contribution is -2.60. The van der Waals surface area contributed by atoms with Crippen LogP contribution in [0.25, 0.3) is 5.65 Å². The summed E-state index contributed by atoms with van der Waals surface area (Å²) in [6, 6.07) is 6.90. The van der Waals surface area contributed by atoms with Crippen molar-refractivity contribution in [3.05, 3.63) is 34.6 Å². The van der Waals surface area contributed by atoms with E-state index in [4.69, 9.17) is 22.1 Å². The molecule has 1 aromatic carbocycles. The topological polar surface area (TPSA) is 211 Å². The number of rotatable bonds is 10. The Kier molecular flexibility index (Phi) is 9.46. The maximum Gasteiger partial charge on any atom is 0.407 e. The lowest BCUT2D eigenvalue weighted by atomic mass is 9.97. The normalized spacial score (nSPS) is 17.1. The van der Waals surface area contributed by atoms with Crippen LogP contribution >= 0.6 is 11.6 Å². The SMILES string of the molecule is CCNc1nc(Nc2cc(C#N)cc(N3CC[C@@H](NC(=O)OC)[C@@H](NC[C@H](C)C(N)=O)C3)c2Cl)nn2c(C#N)cnc12. The van der Waals surface area contributed by atoms with Crippen LogP contribution in [0, 0.1) is 28.6 Å². The second-order valence-corrected chi connectivity index (χ2v) is 10.1. The summed E-state index contributed by atoms with van der Waals surface area (Å²) in [6.07, 6.45) is 1.37. The first-order valence-corrected chi connectivity index (χ1v) is 13.6. The van der Waals surface area contributed by atoms with Crippen LogP contribution < -0.4 is 31.9 Å². The number of ether oxygens (including phenoxy) is 1. The van der Waals surface area contributed by atoms with E-state index in [1.807, 2.05) is 11.8 Å². The highest BCUT2D eigenvalue weighted by molar-refractivity contribution is 6.36. The third kappa shape index (κ3) is 6.54. The number of benzene rings is 1. The molecule has 0 spiro atoms. The average Bonchev–Trinajstić information content (AvgIpc) is 3.40. The summed E-state index contributed by atoms with van der Waals surface area (Å²) in [6.45, 7) is 5.37. The van der Waals surface area contributed by atoms with Crippen molar-refractivity contribution in [2.45, 2.75) is 32.4 Å². The van der Waals surface area contributed by atoms with Gasteiger partial charge in [0.25, 0.3) is 0 Å². The molecule has 0 saturated carbocycles. The lowest BCUT2D eigenvalue weighted by Gasteiger charge is -2.41. The molecule has 0 bridgehead atoms. The summed E-state index contributed by atoms with van der Waals surface area (Å²) in [5.74, 6) is -0.314. The molecule has 6 N–H and O–H groups in total. The summed E-state index contributed by atoms with van der Waals surface area (Å²) >= 11 is 6.91. The number of hydrogen-bond acceptors (Lipinski definition) is 12. The number of alkyl carbamates (subject to hydrolysis) is 1. The molecule has 1 aliphatic heterocycles. The van der Waals surface area contributed by atoms with Crippen molar-refractivity contribution in [2.24, 2.45) is 11.7 Å². The van der Waals surface area contributed by atoms with E-state index in [0.717, 1.165) is 0 Å². The zero-order chi connectivity index (χ0) is 30.4. The number of aromatic nitrogens is 4. The van der Waals surface area contributed by atoms with Crippen LogP contribution in [0.1, 0.15) is 31.5 Å². The molecule has 42 heavy (non-hydrogen) atoms. The fourth-order valence-corrected chi connectivity index (χ4v) is 4.88. The summed E-state index contributed by atoms with van der Waals surface area (Å²) in [4.78, 5) is 34.3. The number of nitriles is 2. The minimum Gasteiger partial charge on any atom is -0.453 e. The molecule has 2 aromatic heterocycles. The minimum absolute atomic E-state index is 0.136. The minimum atomic E-state index is -0.564. The summed E-state index contributed by atoms with van der Waals surface area (Å²) < 4.78 is 6.16. The molecular formula is C26H31ClN12O3. The molecule has 2 amide bonds. The Labute approximate surface area is 247 Å². The van der Waals surface area contributed by atoms with Crippen LogP contribution in [0.15, 0.2) is 18.3 Å². The van der Waals surface area contributed by atoms with Gasteiger partial charge in [-0.15, -0.1) is 5.10 Å². The highest BCUT2D eigenvalue weighted by Crippen LogP contribution is 2.37. The van der Waals surface area contributed by atoms with Gasteiger partial charge in [0.05, 0.1) is 47.4 Å². The van der Waals surface area contributed by atoms with E-state index in [1.165, 1.54) is 17.8 Å². The van der Waals surface area contributed by atoms with E-state index >= 15 is 0 Å². The molecule has 3 atom stereocenters. The first kappa shape index (κ1) is 30.1. The molecule has 0 unspecified atom stereocenters. The maximum absolute atomic E-state index is 12.0. The number of nitrogens with zero attached hydrogens (tertiary/aromatic N) is 7. The van der Waals surface area contributed by atoms with Crippen molar-refractivity contribution in [3.63, 3.8) is 0 Å². The van der Waals surface area contributed by atoms with E-state index in [0.29, 0.717) is 66.0 Å². The van der Waals surface area contributed by atoms with Crippen LogP contribution in [0.2, 0.25) is 5.02 Å². The van der Waals surface area contributed by atoms with E-state index in [-0.39, 0.29) is 23.7 Å². The zero-order valence-corrected chi connectivity index (χ0v) is 24.1. The molecule has 0 radical (unpaired) electrons. The molecule has 0 aliphatic carbocycles. The molecule has 4 rings (SSSR count). The number of anilines is 4. The van der Waals surface area contributed by atoms with Crippen molar-refractivity contribution in [1.29, 1.82) is 10.5 Å². The molecular weight excluding hydrogens is 564 g/mol. The molecule has 15 nitrogen and oxygen atoms in total. The zero-order valence-electron chi connectivity index (χ0n) is 23.3. The number of amides is 2. The van der Waals surface area contributed by atoms with Crippen LogP contribution in [-0.2, 0) is 9.53 Å². The van der Waals surface area contributed by atoms with Crippen LogP contribution in [0.4, 0.5) is 27.9 Å². The number of nitrogens with two attached hydrogens (primary N) is 1.